The number of anilines is 1. The van der Waals surface area contributed by atoms with Gasteiger partial charge < -0.3 is 19.9 Å². The molecule has 0 radical (unpaired) electrons. The van der Waals surface area contributed by atoms with E-state index in [1.807, 2.05) is 19.0 Å². The molecule has 1 heterocycles. The van der Waals surface area contributed by atoms with Crippen molar-refractivity contribution < 1.29 is 35.9 Å². The fourth-order valence-electron chi connectivity index (χ4n) is 3.78. The Morgan fingerprint density at radius 1 is 0.927 bits per heavy atom. The molecule has 1 aromatic heterocycles. The van der Waals surface area contributed by atoms with Crippen LogP contribution < -0.4 is 10.1 Å². The number of hydrogen-bond acceptors (Lipinski definition) is 6. The fraction of sp³-hybridized carbons (Fsp3) is 0.393. The predicted octanol–water partition coefficient (Wildman–Crippen LogP) is 6.60. The van der Waals surface area contributed by atoms with E-state index in [1.165, 1.54) is 27.1 Å². The molecule has 0 aliphatic carbocycles. The molecular formula is C28H31F6N5O2. The van der Waals surface area contributed by atoms with Gasteiger partial charge in [-0.1, -0.05) is 18.2 Å². The Labute approximate surface area is 234 Å². The van der Waals surface area contributed by atoms with E-state index in [0.717, 1.165) is 10.5 Å². The molecule has 41 heavy (non-hydrogen) atoms. The van der Waals surface area contributed by atoms with Gasteiger partial charge in [0.05, 0.1) is 16.7 Å². The maximum atomic E-state index is 13.7. The number of amides is 1. The van der Waals surface area contributed by atoms with E-state index in [4.69, 9.17) is 4.74 Å². The number of carbonyl (C=O) groups is 1. The highest BCUT2D eigenvalue weighted by Gasteiger charge is 2.40. The molecule has 1 N–H and O–H groups in total. The van der Waals surface area contributed by atoms with E-state index in [9.17, 15) is 31.1 Å². The van der Waals surface area contributed by atoms with Gasteiger partial charge in [-0.05, 0) is 70.3 Å². The summed E-state index contributed by atoms with van der Waals surface area (Å²) >= 11 is 0. The Morgan fingerprint density at radius 2 is 1.49 bits per heavy atom. The summed E-state index contributed by atoms with van der Waals surface area (Å²) in [6.45, 7) is 5.62. The van der Waals surface area contributed by atoms with Crippen LogP contribution in [0.25, 0.3) is 0 Å². The first-order valence-corrected chi connectivity index (χ1v) is 12.5. The van der Waals surface area contributed by atoms with Crippen LogP contribution in [-0.2, 0) is 17.9 Å². The molecule has 3 aromatic rings. The second-order valence-electron chi connectivity index (χ2n) is 10.2. The number of nitrogens with one attached hydrogen (secondary N) is 1. The molecule has 0 saturated heterocycles. The second kappa shape index (κ2) is 11.9. The van der Waals surface area contributed by atoms with Crippen molar-refractivity contribution in [1.29, 1.82) is 0 Å². The van der Waals surface area contributed by atoms with Crippen molar-refractivity contribution in [2.45, 2.75) is 38.7 Å². The molecular weight excluding hydrogens is 552 g/mol. The van der Waals surface area contributed by atoms with Crippen LogP contribution in [0.15, 0.2) is 48.7 Å². The Hall–Kier alpha value is -3.87. The zero-order valence-electron chi connectivity index (χ0n) is 23.4. The summed E-state index contributed by atoms with van der Waals surface area (Å²) < 4.78 is 87.1. The van der Waals surface area contributed by atoms with E-state index in [-0.39, 0.29) is 29.0 Å². The molecule has 7 nitrogen and oxygen atoms in total. The van der Waals surface area contributed by atoms with Crippen molar-refractivity contribution >= 4 is 11.9 Å². The third kappa shape index (κ3) is 7.66. The summed E-state index contributed by atoms with van der Waals surface area (Å²) in [6, 6.07) is 8.24. The lowest BCUT2D eigenvalue weighted by Crippen LogP contribution is -2.43. The van der Waals surface area contributed by atoms with Gasteiger partial charge in [-0.3, -0.25) is 4.79 Å². The maximum absolute atomic E-state index is 13.7. The lowest BCUT2D eigenvalue weighted by molar-refractivity contribution is -0.143. The molecule has 0 bridgehead atoms. The number of rotatable bonds is 9. The van der Waals surface area contributed by atoms with Crippen LogP contribution in [0.2, 0.25) is 0 Å². The van der Waals surface area contributed by atoms with E-state index in [2.05, 4.69) is 15.3 Å². The first-order chi connectivity index (χ1) is 18.9. The molecule has 3 rings (SSSR count). The van der Waals surface area contributed by atoms with Crippen LogP contribution in [0.4, 0.5) is 32.3 Å². The van der Waals surface area contributed by atoms with Crippen LogP contribution in [0.5, 0.6) is 11.6 Å². The number of alkyl halides is 6. The van der Waals surface area contributed by atoms with Gasteiger partial charge in [0.25, 0.3) is 5.91 Å². The first-order valence-electron chi connectivity index (χ1n) is 12.5. The summed E-state index contributed by atoms with van der Waals surface area (Å²) in [5, 5.41) is 3.03. The van der Waals surface area contributed by atoms with Crippen LogP contribution in [-0.4, -0.2) is 59.9 Å². The van der Waals surface area contributed by atoms with Crippen LogP contribution in [0.1, 0.15) is 46.5 Å². The number of para-hydroxylation sites is 1. The maximum Gasteiger partial charge on any atom is 0.416 e. The van der Waals surface area contributed by atoms with Crippen molar-refractivity contribution in [2.24, 2.45) is 0 Å². The highest BCUT2D eigenvalue weighted by Crippen LogP contribution is 2.40. The van der Waals surface area contributed by atoms with Gasteiger partial charge in [0.15, 0.2) is 0 Å². The van der Waals surface area contributed by atoms with Crippen molar-refractivity contribution in [3.05, 3.63) is 76.5 Å². The fourth-order valence-corrected chi connectivity index (χ4v) is 3.78. The van der Waals surface area contributed by atoms with Gasteiger partial charge in [0.2, 0.25) is 11.8 Å². The van der Waals surface area contributed by atoms with Gasteiger partial charge >= 0.3 is 12.4 Å². The summed E-state index contributed by atoms with van der Waals surface area (Å²) in [7, 11) is 5.05. The minimum absolute atomic E-state index is 0.0470. The number of hydrogen-bond donors (Lipinski definition) is 1. The minimum Gasteiger partial charge on any atom is -0.438 e. The van der Waals surface area contributed by atoms with E-state index in [1.54, 1.807) is 31.2 Å². The summed E-state index contributed by atoms with van der Waals surface area (Å²) in [5.41, 5.74) is -4.33. The molecule has 1 amide bonds. The monoisotopic (exact) mass is 583 g/mol. The molecule has 0 saturated carbocycles. The standard InChI is InChI=1S/C28H31F6N5O2/c1-17-9-7-8-10-22(17)41-23-21(16-36-25(37-23)35-11-12-38(4)5)24(40)39(6)26(2,3)18-13-19(27(29,30)31)15-20(14-18)28(32,33)34/h7-10,13-16H,11-12H2,1-6H3,(H,35,36,37). The lowest BCUT2D eigenvalue weighted by Gasteiger charge is -2.37. The van der Waals surface area contributed by atoms with Crippen molar-refractivity contribution in [3.8, 4) is 11.6 Å². The van der Waals surface area contributed by atoms with Crippen LogP contribution in [0, 0.1) is 6.92 Å². The molecule has 0 fully saturated rings. The van der Waals surface area contributed by atoms with Crippen LogP contribution >= 0.6 is 0 Å². The highest BCUT2D eigenvalue weighted by molar-refractivity contribution is 5.96. The number of aromatic nitrogens is 2. The minimum atomic E-state index is -5.04. The molecule has 0 spiro atoms. The molecule has 0 aliphatic rings. The van der Waals surface area contributed by atoms with Crippen molar-refractivity contribution in [3.63, 3.8) is 0 Å². The Bertz CT molecular complexity index is 1360. The Morgan fingerprint density at radius 3 is 2.02 bits per heavy atom. The van der Waals surface area contributed by atoms with Gasteiger partial charge in [-0.25, -0.2) is 4.98 Å². The Kier molecular flexibility index (Phi) is 9.21. The number of benzene rings is 2. The number of carbonyl (C=O) groups excluding carboxylic acids is 1. The third-order valence-corrected chi connectivity index (χ3v) is 6.56. The van der Waals surface area contributed by atoms with Gasteiger partial charge in [-0.2, -0.15) is 31.3 Å². The topological polar surface area (TPSA) is 70.6 Å². The SMILES string of the molecule is Cc1ccccc1Oc1nc(NCCN(C)C)ncc1C(=O)N(C)C(C)(C)c1cc(C(F)(F)F)cc(C(F)(F)F)c1. The van der Waals surface area contributed by atoms with E-state index in [0.29, 0.717) is 31.0 Å². The molecule has 222 valence electrons. The van der Waals surface area contributed by atoms with Crippen LogP contribution in [0.3, 0.4) is 0 Å². The summed E-state index contributed by atoms with van der Waals surface area (Å²) in [5.74, 6) is -0.339. The quantitative estimate of drug-likeness (QED) is 0.287. The number of likely N-dealkylation sites (N-methyl/N-ethyl adjacent to an activating group) is 1. The van der Waals surface area contributed by atoms with Crippen molar-refractivity contribution in [2.75, 3.05) is 39.5 Å². The zero-order valence-corrected chi connectivity index (χ0v) is 23.4. The van der Waals surface area contributed by atoms with Gasteiger partial charge in [-0.15, -0.1) is 0 Å². The Balaban J connectivity index is 2.05. The van der Waals surface area contributed by atoms with E-state index >= 15 is 0 Å². The number of halogens is 6. The number of ether oxygens (including phenoxy) is 1. The average molecular weight is 584 g/mol. The third-order valence-electron chi connectivity index (χ3n) is 6.56. The summed E-state index contributed by atoms with van der Waals surface area (Å²) in [4.78, 5) is 25.2. The normalized spacial score (nSPS) is 12.4. The van der Waals surface area contributed by atoms with Gasteiger partial charge in [0, 0.05) is 26.3 Å². The number of aryl methyl sites for hydroxylation is 1. The number of nitrogens with zero attached hydrogens (tertiary/aromatic N) is 4. The zero-order chi connectivity index (χ0) is 30.8. The smallest absolute Gasteiger partial charge is 0.416 e. The van der Waals surface area contributed by atoms with Gasteiger partial charge in [0.1, 0.15) is 11.3 Å². The molecule has 2 aromatic carbocycles. The average Bonchev–Trinajstić information content (AvgIpc) is 2.88. The largest absolute Gasteiger partial charge is 0.438 e. The lowest BCUT2D eigenvalue weighted by atomic mass is 9.89. The molecule has 0 unspecified atom stereocenters. The second-order valence-corrected chi connectivity index (χ2v) is 10.2. The van der Waals surface area contributed by atoms with Crippen molar-refractivity contribution in [1.82, 2.24) is 19.8 Å². The molecule has 0 atom stereocenters. The summed E-state index contributed by atoms with van der Waals surface area (Å²) in [6.07, 6.45) is -8.86. The molecule has 13 heteroatoms. The predicted molar refractivity (Wildman–Crippen MR) is 142 cm³/mol. The highest BCUT2D eigenvalue weighted by atomic mass is 19.4. The molecule has 0 aliphatic heterocycles. The van der Waals surface area contributed by atoms with E-state index < -0.39 is 34.9 Å². The first kappa shape index (κ1) is 31.7.